The van der Waals surface area contributed by atoms with Crippen molar-refractivity contribution in [3.63, 3.8) is 0 Å². The topological polar surface area (TPSA) is 110 Å². The maximum Gasteiger partial charge on any atom is 0.357 e. The van der Waals surface area contributed by atoms with Crippen LogP contribution in [-0.2, 0) is 11.2 Å². The number of rotatable bonds is 6. The number of anilines is 1. The number of aromatic amines is 1. The monoisotopic (exact) mass is 408 g/mol. The molecule has 1 aromatic carbocycles. The number of benzene rings is 1. The molecular formula is C20H16N4O4S. The summed E-state index contributed by atoms with van der Waals surface area (Å²) in [5.41, 5.74) is 1.97. The van der Waals surface area contributed by atoms with E-state index >= 15 is 0 Å². The molecule has 29 heavy (non-hydrogen) atoms. The van der Waals surface area contributed by atoms with E-state index in [9.17, 15) is 9.59 Å². The first kappa shape index (κ1) is 18.6. The molecule has 0 saturated heterocycles. The number of carbonyl (C=O) groups excluding carboxylic acids is 2. The lowest BCUT2D eigenvalue weighted by Gasteiger charge is -2.00. The average molecular weight is 408 g/mol. The number of thiazole rings is 1. The predicted octanol–water partition coefficient (Wildman–Crippen LogP) is 3.76. The van der Waals surface area contributed by atoms with Crippen LogP contribution in [0.2, 0.25) is 0 Å². The molecule has 0 spiro atoms. The van der Waals surface area contributed by atoms with Crippen LogP contribution in [0.15, 0.2) is 59.2 Å². The SMILES string of the molecule is COC(=O)c1nc(NC(=O)c2cc(-c3ccco3)[nH]n2)sc1Cc1ccccc1. The number of nitrogens with zero attached hydrogens (tertiary/aromatic N) is 2. The third kappa shape index (κ3) is 4.09. The van der Waals surface area contributed by atoms with Crippen molar-refractivity contribution in [1.82, 2.24) is 15.2 Å². The van der Waals surface area contributed by atoms with Crippen LogP contribution in [0.5, 0.6) is 0 Å². The van der Waals surface area contributed by atoms with E-state index in [0.717, 1.165) is 5.56 Å². The van der Waals surface area contributed by atoms with Crippen LogP contribution in [-0.4, -0.2) is 34.2 Å². The Kier molecular flexibility index (Phi) is 5.21. The van der Waals surface area contributed by atoms with Gasteiger partial charge in [-0.25, -0.2) is 9.78 Å². The Morgan fingerprint density at radius 2 is 2.03 bits per heavy atom. The van der Waals surface area contributed by atoms with E-state index in [4.69, 9.17) is 9.15 Å². The Balaban J connectivity index is 1.55. The van der Waals surface area contributed by atoms with Crippen molar-refractivity contribution in [3.8, 4) is 11.5 Å². The second-order valence-corrected chi connectivity index (χ2v) is 7.13. The van der Waals surface area contributed by atoms with Crippen LogP contribution in [0.1, 0.15) is 31.4 Å². The van der Waals surface area contributed by atoms with E-state index in [1.54, 1.807) is 18.2 Å². The molecule has 4 rings (SSSR count). The van der Waals surface area contributed by atoms with Crippen LogP contribution in [0.3, 0.4) is 0 Å². The number of methoxy groups -OCH3 is 1. The van der Waals surface area contributed by atoms with E-state index in [1.807, 2.05) is 30.3 Å². The first-order valence-electron chi connectivity index (χ1n) is 8.66. The molecule has 2 N–H and O–H groups in total. The summed E-state index contributed by atoms with van der Waals surface area (Å²) >= 11 is 1.23. The van der Waals surface area contributed by atoms with Gasteiger partial charge in [-0.1, -0.05) is 30.3 Å². The van der Waals surface area contributed by atoms with Crippen LogP contribution < -0.4 is 5.32 Å². The molecule has 0 aliphatic rings. The minimum atomic E-state index is -0.549. The van der Waals surface area contributed by atoms with Crippen molar-refractivity contribution in [2.75, 3.05) is 12.4 Å². The zero-order valence-corrected chi connectivity index (χ0v) is 16.2. The van der Waals surface area contributed by atoms with Crippen molar-refractivity contribution >= 4 is 28.3 Å². The number of amides is 1. The van der Waals surface area contributed by atoms with Crippen molar-refractivity contribution in [2.45, 2.75) is 6.42 Å². The minimum absolute atomic E-state index is 0.177. The van der Waals surface area contributed by atoms with Gasteiger partial charge in [-0.05, 0) is 17.7 Å². The van der Waals surface area contributed by atoms with Crippen molar-refractivity contribution in [2.24, 2.45) is 0 Å². The van der Waals surface area contributed by atoms with E-state index in [1.165, 1.54) is 24.7 Å². The quantitative estimate of drug-likeness (QED) is 0.470. The Hall–Kier alpha value is -3.72. The zero-order valence-electron chi connectivity index (χ0n) is 15.3. The van der Waals surface area contributed by atoms with Crippen LogP contribution >= 0.6 is 11.3 Å². The lowest BCUT2D eigenvalue weighted by Crippen LogP contribution is -2.12. The highest BCUT2D eigenvalue weighted by atomic mass is 32.1. The molecule has 0 fully saturated rings. The highest BCUT2D eigenvalue weighted by molar-refractivity contribution is 7.16. The molecule has 0 aliphatic carbocycles. The summed E-state index contributed by atoms with van der Waals surface area (Å²) in [4.78, 5) is 29.6. The maximum absolute atomic E-state index is 12.5. The Labute approximate surface area is 169 Å². The average Bonchev–Trinajstić information content (AvgIpc) is 3.48. The maximum atomic E-state index is 12.5. The zero-order chi connectivity index (χ0) is 20.2. The highest BCUT2D eigenvalue weighted by Gasteiger charge is 2.21. The van der Waals surface area contributed by atoms with Gasteiger partial charge >= 0.3 is 5.97 Å². The van der Waals surface area contributed by atoms with Gasteiger partial charge in [-0.2, -0.15) is 5.10 Å². The molecule has 4 aromatic rings. The second-order valence-electron chi connectivity index (χ2n) is 6.04. The molecule has 0 unspecified atom stereocenters. The molecule has 9 heteroatoms. The van der Waals surface area contributed by atoms with Gasteiger partial charge in [0.2, 0.25) is 0 Å². The Morgan fingerprint density at radius 1 is 1.21 bits per heavy atom. The summed E-state index contributed by atoms with van der Waals surface area (Å²) in [6.45, 7) is 0. The van der Waals surface area contributed by atoms with Gasteiger partial charge in [0.1, 0.15) is 5.69 Å². The molecule has 3 heterocycles. The number of carbonyl (C=O) groups is 2. The molecule has 0 radical (unpaired) electrons. The van der Waals surface area contributed by atoms with Crippen molar-refractivity contribution in [1.29, 1.82) is 0 Å². The molecule has 146 valence electrons. The van der Waals surface area contributed by atoms with Crippen LogP contribution in [0, 0.1) is 0 Å². The molecule has 0 atom stereocenters. The Morgan fingerprint density at radius 3 is 2.76 bits per heavy atom. The van der Waals surface area contributed by atoms with Gasteiger partial charge in [0.05, 0.1) is 13.4 Å². The number of nitrogens with one attached hydrogen (secondary N) is 2. The minimum Gasteiger partial charge on any atom is -0.464 e. The van der Waals surface area contributed by atoms with Crippen LogP contribution in [0.25, 0.3) is 11.5 Å². The fraction of sp³-hybridized carbons (Fsp3) is 0.100. The third-order valence-corrected chi connectivity index (χ3v) is 5.07. The van der Waals surface area contributed by atoms with Gasteiger partial charge in [0.25, 0.3) is 5.91 Å². The number of furan rings is 1. The normalized spacial score (nSPS) is 10.7. The van der Waals surface area contributed by atoms with E-state index in [-0.39, 0.29) is 11.4 Å². The number of hydrogen-bond donors (Lipinski definition) is 2. The molecule has 3 aromatic heterocycles. The van der Waals surface area contributed by atoms with Gasteiger partial charge in [0, 0.05) is 17.4 Å². The van der Waals surface area contributed by atoms with Gasteiger partial charge in [0.15, 0.2) is 22.3 Å². The Bertz CT molecular complexity index is 1130. The molecule has 0 saturated carbocycles. The molecular weight excluding hydrogens is 392 g/mol. The van der Waals surface area contributed by atoms with E-state index in [0.29, 0.717) is 27.9 Å². The molecule has 0 aliphatic heterocycles. The van der Waals surface area contributed by atoms with Gasteiger partial charge < -0.3 is 9.15 Å². The molecule has 8 nitrogen and oxygen atoms in total. The summed E-state index contributed by atoms with van der Waals surface area (Å²) in [5, 5.41) is 9.75. The van der Waals surface area contributed by atoms with Gasteiger partial charge in [-0.15, -0.1) is 11.3 Å². The predicted molar refractivity (Wildman–Crippen MR) is 107 cm³/mol. The third-order valence-electron chi connectivity index (χ3n) is 4.10. The van der Waals surface area contributed by atoms with Crippen molar-refractivity contribution < 1.29 is 18.7 Å². The summed E-state index contributed by atoms with van der Waals surface area (Å²) in [5.74, 6) is -0.424. The van der Waals surface area contributed by atoms with Crippen LogP contribution in [0.4, 0.5) is 5.13 Å². The summed E-state index contributed by atoms with van der Waals surface area (Å²) in [6, 6.07) is 14.8. The second kappa shape index (κ2) is 8.11. The fourth-order valence-corrected chi connectivity index (χ4v) is 3.70. The van der Waals surface area contributed by atoms with E-state index in [2.05, 4.69) is 20.5 Å². The van der Waals surface area contributed by atoms with Gasteiger partial charge in [-0.3, -0.25) is 15.2 Å². The number of ether oxygens (including phenoxy) is 1. The summed E-state index contributed by atoms with van der Waals surface area (Å²) in [6.07, 6.45) is 2.04. The lowest BCUT2D eigenvalue weighted by atomic mass is 10.1. The highest BCUT2D eigenvalue weighted by Crippen LogP contribution is 2.27. The van der Waals surface area contributed by atoms with Crippen molar-refractivity contribution in [3.05, 3.63) is 76.6 Å². The largest absolute Gasteiger partial charge is 0.464 e. The number of H-pyrrole nitrogens is 1. The lowest BCUT2D eigenvalue weighted by molar-refractivity contribution is 0.0593. The first-order chi connectivity index (χ1) is 14.1. The number of hydrogen-bond acceptors (Lipinski definition) is 7. The fourth-order valence-electron chi connectivity index (χ4n) is 2.72. The molecule has 1 amide bonds. The summed E-state index contributed by atoms with van der Waals surface area (Å²) in [7, 11) is 1.30. The molecule has 0 bridgehead atoms. The number of aromatic nitrogens is 3. The number of esters is 1. The first-order valence-corrected chi connectivity index (χ1v) is 9.48. The summed E-state index contributed by atoms with van der Waals surface area (Å²) < 4.78 is 10.1. The smallest absolute Gasteiger partial charge is 0.357 e. The standard InChI is InChI=1S/C20H16N4O4S/c1-27-19(26)17-16(10-12-6-3-2-4-7-12)29-20(21-17)22-18(25)14-11-13(23-24-14)15-8-5-9-28-15/h2-9,11H,10H2,1H3,(H,23,24)(H,21,22,25). The van der Waals surface area contributed by atoms with E-state index < -0.39 is 11.9 Å².